The molecule has 0 radical (unpaired) electrons. The Labute approximate surface area is 71.4 Å². The van der Waals surface area contributed by atoms with E-state index in [1.165, 1.54) is 0 Å². The minimum atomic E-state index is -0.629. The van der Waals surface area contributed by atoms with Gasteiger partial charge in [-0.2, -0.15) is 4.89 Å². The molecule has 1 rings (SSSR count). The molecule has 0 amide bonds. The third kappa shape index (κ3) is 2.04. The summed E-state index contributed by atoms with van der Waals surface area (Å²) in [5, 5.41) is 11.8. The second kappa shape index (κ2) is 3.67. The summed E-state index contributed by atoms with van der Waals surface area (Å²) >= 11 is 0. The van der Waals surface area contributed by atoms with Gasteiger partial charge in [0.25, 0.3) is 0 Å². The third-order valence-electron chi connectivity index (χ3n) is 1.71. The standard InChI is InChI=1S/C9H12O3/c1-9(2,11-12-10)8-6-4-3-5-7-8/h3-7,10H,1-2H3. The van der Waals surface area contributed by atoms with Crippen molar-refractivity contribution in [2.45, 2.75) is 19.4 Å². The number of hydrogen-bond donors (Lipinski definition) is 1. The van der Waals surface area contributed by atoms with Crippen LogP contribution in [0.4, 0.5) is 0 Å². The second-order valence-electron chi connectivity index (χ2n) is 3.03. The Morgan fingerprint density at radius 2 is 1.75 bits per heavy atom. The third-order valence-corrected chi connectivity index (χ3v) is 1.71. The van der Waals surface area contributed by atoms with Gasteiger partial charge in [0.15, 0.2) is 0 Å². The van der Waals surface area contributed by atoms with Crippen LogP contribution in [-0.2, 0) is 15.5 Å². The van der Waals surface area contributed by atoms with Gasteiger partial charge in [-0.15, -0.1) is 0 Å². The summed E-state index contributed by atoms with van der Waals surface area (Å²) < 4.78 is 0. The highest BCUT2D eigenvalue weighted by Gasteiger charge is 2.22. The van der Waals surface area contributed by atoms with E-state index in [1.807, 2.05) is 30.3 Å². The van der Waals surface area contributed by atoms with Crippen LogP contribution in [0.3, 0.4) is 0 Å². The monoisotopic (exact) mass is 168 g/mol. The molecule has 0 saturated heterocycles. The van der Waals surface area contributed by atoms with Crippen molar-refractivity contribution in [3.8, 4) is 0 Å². The molecule has 3 heteroatoms. The Balaban J connectivity index is 2.82. The molecule has 0 bridgehead atoms. The maximum absolute atomic E-state index is 8.14. The smallest absolute Gasteiger partial charge is 0.126 e. The van der Waals surface area contributed by atoms with Crippen molar-refractivity contribution in [3.63, 3.8) is 0 Å². The molecule has 1 aromatic rings. The molecule has 0 unspecified atom stereocenters. The zero-order valence-corrected chi connectivity index (χ0v) is 7.15. The van der Waals surface area contributed by atoms with Gasteiger partial charge >= 0.3 is 0 Å². The van der Waals surface area contributed by atoms with Crippen LogP contribution in [0.15, 0.2) is 30.3 Å². The van der Waals surface area contributed by atoms with Gasteiger partial charge in [-0.05, 0) is 19.4 Å². The summed E-state index contributed by atoms with van der Waals surface area (Å²) in [5.41, 5.74) is 0.315. The summed E-state index contributed by atoms with van der Waals surface area (Å²) in [5.74, 6) is 0. The van der Waals surface area contributed by atoms with E-state index < -0.39 is 5.60 Å². The maximum atomic E-state index is 8.14. The van der Waals surface area contributed by atoms with Crippen molar-refractivity contribution in [2.24, 2.45) is 0 Å². The average molecular weight is 168 g/mol. The molecular weight excluding hydrogens is 156 g/mol. The molecule has 1 aromatic carbocycles. The van der Waals surface area contributed by atoms with E-state index in [2.05, 4.69) is 9.93 Å². The van der Waals surface area contributed by atoms with Gasteiger partial charge in [0, 0.05) is 0 Å². The summed E-state index contributed by atoms with van der Waals surface area (Å²) in [7, 11) is 0. The van der Waals surface area contributed by atoms with Gasteiger partial charge in [0.2, 0.25) is 0 Å². The topological polar surface area (TPSA) is 38.7 Å². The van der Waals surface area contributed by atoms with E-state index in [9.17, 15) is 0 Å². The van der Waals surface area contributed by atoms with Crippen LogP contribution < -0.4 is 0 Å². The molecule has 0 aliphatic rings. The molecule has 3 nitrogen and oxygen atoms in total. The minimum absolute atomic E-state index is 0.629. The highest BCUT2D eigenvalue weighted by Crippen LogP contribution is 2.23. The highest BCUT2D eigenvalue weighted by molar-refractivity contribution is 5.20. The van der Waals surface area contributed by atoms with Crippen LogP contribution in [-0.4, -0.2) is 5.26 Å². The van der Waals surface area contributed by atoms with E-state index >= 15 is 0 Å². The molecule has 0 aliphatic carbocycles. The molecule has 0 saturated carbocycles. The molecule has 0 heterocycles. The molecule has 0 spiro atoms. The SMILES string of the molecule is CC(C)(OOO)c1ccccc1. The van der Waals surface area contributed by atoms with E-state index in [4.69, 9.17) is 5.26 Å². The first-order valence-electron chi connectivity index (χ1n) is 3.71. The van der Waals surface area contributed by atoms with Gasteiger partial charge in [0.1, 0.15) is 5.60 Å². The number of rotatable bonds is 3. The van der Waals surface area contributed by atoms with Crippen molar-refractivity contribution >= 4 is 0 Å². The first kappa shape index (κ1) is 9.19. The second-order valence-corrected chi connectivity index (χ2v) is 3.03. The Kier molecular flexibility index (Phi) is 2.81. The number of benzene rings is 1. The van der Waals surface area contributed by atoms with Crippen LogP contribution in [0.2, 0.25) is 0 Å². The Hall–Kier alpha value is -0.900. The summed E-state index contributed by atoms with van der Waals surface area (Å²) in [6, 6.07) is 9.52. The highest BCUT2D eigenvalue weighted by atomic mass is 17.5. The summed E-state index contributed by atoms with van der Waals surface area (Å²) in [6.07, 6.45) is 0. The van der Waals surface area contributed by atoms with Gasteiger partial charge in [-0.1, -0.05) is 35.4 Å². The van der Waals surface area contributed by atoms with E-state index in [1.54, 1.807) is 13.8 Å². The predicted molar refractivity (Wildman–Crippen MR) is 44.3 cm³/mol. The Bertz CT molecular complexity index is 231. The van der Waals surface area contributed by atoms with E-state index in [-0.39, 0.29) is 0 Å². The lowest BCUT2D eigenvalue weighted by Gasteiger charge is -2.21. The van der Waals surface area contributed by atoms with E-state index in [0.29, 0.717) is 0 Å². The van der Waals surface area contributed by atoms with E-state index in [0.717, 1.165) is 5.56 Å². The molecule has 0 fully saturated rings. The van der Waals surface area contributed by atoms with Gasteiger partial charge < -0.3 is 0 Å². The lowest BCUT2D eigenvalue weighted by atomic mass is 9.99. The average Bonchev–Trinajstić information content (AvgIpc) is 2.06. The quantitative estimate of drug-likeness (QED) is 0.556. The minimum Gasteiger partial charge on any atom is -0.221 e. The van der Waals surface area contributed by atoms with Crippen LogP contribution >= 0.6 is 0 Å². The van der Waals surface area contributed by atoms with Crippen LogP contribution in [0.25, 0.3) is 0 Å². The predicted octanol–water partition coefficient (Wildman–Crippen LogP) is 2.34. The summed E-state index contributed by atoms with van der Waals surface area (Å²) in [4.78, 5) is 4.67. The first-order valence-corrected chi connectivity index (χ1v) is 3.71. The fourth-order valence-corrected chi connectivity index (χ4v) is 0.981. The largest absolute Gasteiger partial charge is 0.221 e. The Morgan fingerprint density at radius 1 is 1.17 bits per heavy atom. The van der Waals surface area contributed by atoms with Gasteiger partial charge in [0.05, 0.1) is 0 Å². The van der Waals surface area contributed by atoms with Gasteiger partial charge in [-0.3, -0.25) is 0 Å². The normalized spacial score (nSPS) is 11.6. The fraction of sp³-hybridized carbons (Fsp3) is 0.333. The molecule has 12 heavy (non-hydrogen) atoms. The summed E-state index contributed by atoms with van der Waals surface area (Å²) in [6.45, 7) is 3.61. The first-order chi connectivity index (χ1) is 5.67. The van der Waals surface area contributed by atoms with Crippen LogP contribution in [0.1, 0.15) is 19.4 Å². The molecule has 0 atom stereocenters. The van der Waals surface area contributed by atoms with Crippen LogP contribution in [0, 0.1) is 0 Å². The Morgan fingerprint density at radius 3 is 2.25 bits per heavy atom. The lowest BCUT2D eigenvalue weighted by molar-refractivity contribution is -0.525. The van der Waals surface area contributed by atoms with Gasteiger partial charge in [-0.25, -0.2) is 5.26 Å². The van der Waals surface area contributed by atoms with Crippen LogP contribution in [0.5, 0.6) is 0 Å². The van der Waals surface area contributed by atoms with Crippen molar-refractivity contribution in [3.05, 3.63) is 35.9 Å². The zero-order valence-electron chi connectivity index (χ0n) is 7.15. The van der Waals surface area contributed by atoms with Crippen molar-refractivity contribution < 1.29 is 15.2 Å². The van der Waals surface area contributed by atoms with Crippen molar-refractivity contribution in [1.82, 2.24) is 0 Å². The molecule has 0 aromatic heterocycles. The molecular formula is C9H12O3. The fourth-order valence-electron chi connectivity index (χ4n) is 0.981. The maximum Gasteiger partial charge on any atom is 0.126 e. The zero-order chi connectivity index (χ0) is 9.03. The molecule has 0 aliphatic heterocycles. The molecule has 1 N–H and O–H groups in total. The number of hydrogen-bond acceptors (Lipinski definition) is 3. The molecule has 66 valence electrons. The van der Waals surface area contributed by atoms with Crippen molar-refractivity contribution in [2.75, 3.05) is 0 Å². The lowest BCUT2D eigenvalue weighted by Crippen LogP contribution is -2.20. The van der Waals surface area contributed by atoms with Crippen molar-refractivity contribution in [1.29, 1.82) is 0 Å².